The highest BCUT2D eigenvalue weighted by Gasteiger charge is 2.38. The molecule has 182 valence electrons. The third-order valence-electron chi connectivity index (χ3n) is 5.33. The maximum Gasteiger partial charge on any atom is 0.417 e. The minimum absolute atomic E-state index is 0.00735. The van der Waals surface area contributed by atoms with E-state index >= 15 is 0 Å². The first-order valence-corrected chi connectivity index (χ1v) is 12.9. The minimum Gasteiger partial charge on any atom is -0.208 e. The van der Waals surface area contributed by atoms with Crippen LogP contribution in [0.4, 0.5) is 13.2 Å². The van der Waals surface area contributed by atoms with Crippen molar-refractivity contribution in [1.82, 2.24) is 29.7 Å². The van der Waals surface area contributed by atoms with Crippen LogP contribution in [0, 0.1) is 0 Å². The van der Waals surface area contributed by atoms with Gasteiger partial charge in [0.25, 0.3) is 0 Å². The number of tetrazole rings is 1. The standard InChI is InChI=1S/C19H19F3N6O4S2/c20-19(21,22)16-6-1-2-7-17(16)33(29,30)25-14-8-10-28(11-9-14)34(31,32)15-5-3-4-13(12-15)18-23-26-27-24-18/h1-7,12,14,25H,8-11H2,(H,23,24,26,27). The number of aromatic nitrogens is 4. The molecule has 0 spiro atoms. The summed E-state index contributed by atoms with van der Waals surface area (Å²) in [5.74, 6) is 0.226. The number of piperidine rings is 1. The molecule has 1 aromatic heterocycles. The SMILES string of the molecule is O=S(=O)(NC1CCN(S(=O)(=O)c2cccc(-c3nn[nH]n3)c2)CC1)c1ccccc1C(F)(F)F. The van der Waals surface area contributed by atoms with E-state index in [1.54, 1.807) is 6.07 Å². The molecule has 2 aromatic carbocycles. The first-order chi connectivity index (χ1) is 16.0. The van der Waals surface area contributed by atoms with Gasteiger partial charge in [0.15, 0.2) is 0 Å². The lowest BCUT2D eigenvalue weighted by Crippen LogP contribution is -2.46. The average molecular weight is 517 g/mol. The molecule has 1 saturated heterocycles. The predicted molar refractivity (Wildman–Crippen MR) is 113 cm³/mol. The number of hydrogen-bond acceptors (Lipinski definition) is 7. The van der Waals surface area contributed by atoms with Crippen molar-refractivity contribution in [1.29, 1.82) is 0 Å². The van der Waals surface area contributed by atoms with E-state index in [4.69, 9.17) is 0 Å². The van der Waals surface area contributed by atoms with E-state index in [-0.39, 0.29) is 36.7 Å². The number of nitrogens with zero attached hydrogens (tertiary/aromatic N) is 4. The number of nitrogens with one attached hydrogen (secondary N) is 2. The highest BCUT2D eigenvalue weighted by atomic mass is 32.2. The van der Waals surface area contributed by atoms with Crippen LogP contribution in [0.3, 0.4) is 0 Å². The Kier molecular flexibility index (Phi) is 6.46. The summed E-state index contributed by atoms with van der Waals surface area (Å²) in [7, 11) is -8.37. The van der Waals surface area contributed by atoms with Crippen LogP contribution in [0.1, 0.15) is 18.4 Å². The van der Waals surface area contributed by atoms with Gasteiger partial charge in [0.05, 0.1) is 15.4 Å². The second-order valence-corrected chi connectivity index (χ2v) is 11.2. The van der Waals surface area contributed by atoms with E-state index < -0.39 is 42.7 Å². The molecular weight excluding hydrogens is 497 g/mol. The highest BCUT2D eigenvalue weighted by molar-refractivity contribution is 7.89. The molecule has 0 aliphatic carbocycles. The summed E-state index contributed by atoms with van der Waals surface area (Å²) in [6.07, 6.45) is -4.65. The van der Waals surface area contributed by atoms with Crippen molar-refractivity contribution >= 4 is 20.0 Å². The summed E-state index contributed by atoms with van der Waals surface area (Å²) >= 11 is 0. The molecule has 0 unspecified atom stereocenters. The van der Waals surface area contributed by atoms with Gasteiger partial charge < -0.3 is 0 Å². The smallest absolute Gasteiger partial charge is 0.208 e. The van der Waals surface area contributed by atoms with E-state index in [2.05, 4.69) is 25.3 Å². The van der Waals surface area contributed by atoms with Crippen molar-refractivity contribution in [3.05, 3.63) is 54.1 Å². The van der Waals surface area contributed by atoms with E-state index in [9.17, 15) is 30.0 Å². The van der Waals surface area contributed by atoms with Gasteiger partial charge in [-0.1, -0.05) is 24.3 Å². The Morgan fingerprint density at radius 1 is 1.00 bits per heavy atom. The fourth-order valence-electron chi connectivity index (χ4n) is 3.66. The average Bonchev–Trinajstić information content (AvgIpc) is 3.34. The second-order valence-electron chi connectivity index (χ2n) is 7.56. The largest absolute Gasteiger partial charge is 0.417 e. The summed E-state index contributed by atoms with van der Waals surface area (Å²) in [5, 5.41) is 13.4. The maximum absolute atomic E-state index is 13.2. The van der Waals surface area contributed by atoms with Crippen LogP contribution < -0.4 is 4.72 Å². The molecule has 4 rings (SSSR count). The van der Waals surface area contributed by atoms with Crippen molar-refractivity contribution in [2.75, 3.05) is 13.1 Å². The molecule has 2 heterocycles. The molecule has 15 heteroatoms. The lowest BCUT2D eigenvalue weighted by molar-refractivity contribution is -0.139. The Balaban J connectivity index is 1.46. The Morgan fingerprint density at radius 3 is 2.35 bits per heavy atom. The molecule has 10 nitrogen and oxygen atoms in total. The predicted octanol–water partition coefficient (Wildman–Crippen LogP) is 2.02. The lowest BCUT2D eigenvalue weighted by Gasteiger charge is -2.31. The molecule has 0 bridgehead atoms. The lowest BCUT2D eigenvalue weighted by atomic mass is 10.1. The van der Waals surface area contributed by atoms with Gasteiger partial charge in [-0.3, -0.25) is 0 Å². The summed E-state index contributed by atoms with van der Waals surface area (Å²) in [6, 6.07) is 9.18. The van der Waals surface area contributed by atoms with Gasteiger partial charge in [0, 0.05) is 24.7 Å². The number of alkyl halides is 3. The van der Waals surface area contributed by atoms with Gasteiger partial charge in [-0.05, 0) is 42.3 Å². The van der Waals surface area contributed by atoms with Crippen LogP contribution in [0.25, 0.3) is 11.4 Å². The molecular formula is C19H19F3N6O4S2. The molecule has 0 amide bonds. The zero-order valence-corrected chi connectivity index (χ0v) is 19.0. The summed E-state index contributed by atoms with van der Waals surface area (Å²) in [5.41, 5.74) is -0.815. The van der Waals surface area contributed by atoms with E-state index in [1.807, 2.05) is 0 Å². The normalized spacial score (nSPS) is 16.6. The van der Waals surface area contributed by atoms with Crippen LogP contribution in [0.5, 0.6) is 0 Å². The molecule has 0 atom stereocenters. The molecule has 2 N–H and O–H groups in total. The number of rotatable bonds is 6. The number of H-pyrrole nitrogens is 1. The second kappa shape index (κ2) is 9.05. The van der Waals surface area contributed by atoms with Crippen molar-refractivity contribution in [3.63, 3.8) is 0 Å². The quantitative estimate of drug-likeness (QED) is 0.511. The summed E-state index contributed by atoms with van der Waals surface area (Å²) < 4.78 is 94.7. The first kappa shape index (κ1) is 24.3. The molecule has 0 radical (unpaired) electrons. The fourth-order valence-corrected chi connectivity index (χ4v) is 6.71. The summed E-state index contributed by atoms with van der Waals surface area (Å²) in [4.78, 5) is -0.858. The van der Waals surface area contributed by atoms with Crippen LogP contribution in [-0.2, 0) is 26.2 Å². The van der Waals surface area contributed by atoms with Crippen LogP contribution in [-0.4, -0.2) is 60.9 Å². The van der Waals surface area contributed by atoms with E-state index in [1.165, 1.54) is 28.6 Å². The van der Waals surface area contributed by atoms with Gasteiger partial charge in [0.2, 0.25) is 25.9 Å². The molecule has 1 fully saturated rings. The van der Waals surface area contributed by atoms with Crippen LogP contribution >= 0.6 is 0 Å². The van der Waals surface area contributed by atoms with Crippen LogP contribution in [0.2, 0.25) is 0 Å². The monoisotopic (exact) mass is 516 g/mol. The van der Waals surface area contributed by atoms with Gasteiger partial charge >= 0.3 is 6.18 Å². The molecule has 3 aromatic rings. The Labute approximate surface area is 193 Å². The summed E-state index contributed by atoms with van der Waals surface area (Å²) in [6.45, 7) is -0.0221. The third kappa shape index (κ3) is 4.96. The van der Waals surface area contributed by atoms with Gasteiger partial charge in [0.1, 0.15) is 0 Å². The van der Waals surface area contributed by atoms with Gasteiger partial charge in [-0.2, -0.15) is 22.7 Å². The number of sulfonamides is 2. The third-order valence-corrected chi connectivity index (χ3v) is 8.81. The molecule has 1 aliphatic heterocycles. The van der Waals surface area contributed by atoms with Crippen molar-refractivity contribution in [3.8, 4) is 11.4 Å². The van der Waals surface area contributed by atoms with Crippen molar-refractivity contribution < 1.29 is 30.0 Å². The number of aromatic amines is 1. The van der Waals surface area contributed by atoms with Gasteiger partial charge in [-0.25, -0.2) is 21.6 Å². The van der Waals surface area contributed by atoms with E-state index in [0.29, 0.717) is 11.6 Å². The zero-order valence-electron chi connectivity index (χ0n) is 17.4. The topological polar surface area (TPSA) is 138 Å². The minimum atomic E-state index is -4.83. The van der Waals surface area contributed by atoms with Gasteiger partial charge in [-0.15, -0.1) is 10.2 Å². The first-order valence-electron chi connectivity index (χ1n) is 10.0. The van der Waals surface area contributed by atoms with Crippen molar-refractivity contribution in [2.24, 2.45) is 0 Å². The Morgan fingerprint density at radius 2 is 1.71 bits per heavy atom. The number of halogens is 3. The Hall–Kier alpha value is -2.88. The highest BCUT2D eigenvalue weighted by Crippen LogP contribution is 2.34. The fraction of sp³-hybridized carbons (Fsp3) is 0.316. The Bertz CT molecular complexity index is 1370. The molecule has 0 saturated carbocycles. The molecule has 34 heavy (non-hydrogen) atoms. The van der Waals surface area contributed by atoms with Crippen LogP contribution in [0.15, 0.2) is 58.3 Å². The molecule has 1 aliphatic rings. The maximum atomic E-state index is 13.2. The number of hydrogen-bond donors (Lipinski definition) is 2. The van der Waals surface area contributed by atoms with E-state index in [0.717, 1.165) is 12.1 Å². The van der Waals surface area contributed by atoms with Crippen molar-refractivity contribution in [2.45, 2.75) is 34.9 Å². The zero-order chi connectivity index (χ0) is 24.6. The number of benzene rings is 2.